The number of hydrogen-bond donors (Lipinski definition) is 1. The zero-order valence-corrected chi connectivity index (χ0v) is 17.2. The van der Waals surface area contributed by atoms with Gasteiger partial charge in [0.1, 0.15) is 0 Å². The van der Waals surface area contributed by atoms with E-state index in [-0.39, 0.29) is 23.8 Å². The molecule has 5 heteroatoms. The van der Waals surface area contributed by atoms with Crippen molar-refractivity contribution in [3.8, 4) is 0 Å². The number of aryl methyl sites for hydroxylation is 1. The van der Waals surface area contributed by atoms with Gasteiger partial charge in [0.15, 0.2) is 0 Å². The first-order valence-corrected chi connectivity index (χ1v) is 10.2. The summed E-state index contributed by atoms with van der Waals surface area (Å²) in [6.45, 7) is 5.20. The summed E-state index contributed by atoms with van der Waals surface area (Å²) in [5, 5.41) is 3.83. The van der Waals surface area contributed by atoms with Crippen molar-refractivity contribution in [3.63, 3.8) is 0 Å². The van der Waals surface area contributed by atoms with E-state index in [4.69, 9.17) is 11.6 Å². The Morgan fingerprint density at radius 1 is 1.14 bits per heavy atom. The maximum Gasteiger partial charge on any atom is 0.254 e. The summed E-state index contributed by atoms with van der Waals surface area (Å²) >= 11 is 6.03. The monoisotopic (exact) mass is 398 g/mol. The van der Waals surface area contributed by atoms with Crippen LogP contribution in [0, 0.1) is 12.8 Å². The average Bonchev–Trinajstić information content (AvgIpc) is 2.68. The van der Waals surface area contributed by atoms with Crippen molar-refractivity contribution < 1.29 is 9.59 Å². The second-order valence-corrected chi connectivity index (χ2v) is 8.06. The minimum Gasteiger partial charge on any atom is -0.353 e. The van der Waals surface area contributed by atoms with Crippen LogP contribution in [-0.2, 0) is 11.2 Å². The molecule has 1 saturated heterocycles. The third-order valence-electron chi connectivity index (χ3n) is 5.35. The molecule has 0 aliphatic carbocycles. The lowest BCUT2D eigenvalue weighted by atomic mass is 9.94. The number of nitrogens with zero attached hydrogens (tertiary/aromatic N) is 1. The number of carbonyl (C=O) groups is 2. The van der Waals surface area contributed by atoms with Crippen LogP contribution in [0.2, 0.25) is 5.02 Å². The number of benzene rings is 2. The Kier molecular flexibility index (Phi) is 6.74. The Balaban J connectivity index is 1.49. The lowest BCUT2D eigenvalue weighted by Crippen LogP contribution is -2.45. The van der Waals surface area contributed by atoms with Gasteiger partial charge in [0, 0.05) is 35.6 Å². The molecule has 1 N–H and O–H groups in total. The summed E-state index contributed by atoms with van der Waals surface area (Å²) in [6.07, 6.45) is 2.15. The fourth-order valence-corrected chi connectivity index (χ4v) is 3.97. The Bertz CT molecular complexity index is 844. The topological polar surface area (TPSA) is 49.4 Å². The van der Waals surface area contributed by atoms with Crippen LogP contribution >= 0.6 is 11.6 Å². The van der Waals surface area contributed by atoms with Gasteiger partial charge >= 0.3 is 0 Å². The fourth-order valence-electron chi connectivity index (χ4n) is 3.76. The summed E-state index contributed by atoms with van der Waals surface area (Å²) in [7, 11) is 0. The van der Waals surface area contributed by atoms with Gasteiger partial charge in [-0.05, 0) is 62.4 Å². The van der Waals surface area contributed by atoms with E-state index in [2.05, 4.69) is 5.32 Å². The van der Waals surface area contributed by atoms with Gasteiger partial charge in [-0.1, -0.05) is 41.9 Å². The molecule has 3 rings (SSSR count). The van der Waals surface area contributed by atoms with Crippen molar-refractivity contribution in [1.82, 2.24) is 10.2 Å². The molecule has 2 aromatic rings. The maximum absolute atomic E-state index is 12.7. The van der Waals surface area contributed by atoms with E-state index in [9.17, 15) is 9.59 Å². The number of halogens is 1. The van der Waals surface area contributed by atoms with Crippen molar-refractivity contribution in [3.05, 3.63) is 70.2 Å². The van der Waals surface area contributed by atoms with Gasteiger partial charge in [-0.25, -0.2) is 0 Å². The number of hydrogen-bond acceptors (Lipinski definition) is 2. The number of amides is 2. The lowest BCUT2D eigenvalue weighted by molar-refractivity contribution is -0.126. The van der Waals surface area contributed by atoms with E-state index in [1.54, 1.807) is 0 Å². The smallest absolute Gasteiger partial charge is 0.254 e. The molecule has 1 aliphatic rings. The van der Waals surface area contributed by atoms with Crippen LogP contribution in [0.15, 0.2) is 48.5 Å². The van der Waals surface area contributed by atoms with Gasteiger partial charge in [0.05, 0.1) is 0 Å². The quantitative estimate of drug-likeness (QED) is 0.818. The van der Waals surface area contributed by atoms with Crippen molar-refractivity contribution >= 4 is 23.4 Å². The lowest BCUT2D eigenvalue weighted by Gasteiger charge is -2.32. The highest BCUT2D eigenvalue weighted by atomic mass is 35.5. The van der Waals surface area contributed by atoms with Gasteiger partial charge in [0.25, 0.3) is 5.91 Å². The number of nitrogens with one attached hydrogen (secondary N) is 1. The molecule has 1 heterocycles. The molecule has 148 valence electrons. The predicted molar refractivity (Wildman–Crippen MR) is 113 cm³/mol. The summed E-state index contributed by atoms with van der Waals surface area (Å²) in [5.74, 6) is 0.103. The SMILES string of the molecule is Cc1ccccc1C(=O)N1CCC(C(=O)NC(C)Cc2cccc(Cl)c2)CC1. The molecule has 4 nitrogen and oxygen atoms in total. The molecular formula is C23H27ClN2O2. The molecule has 2 aromatic carbocycles. The van der Waals surface area contributed by atoms with E-state index in [1.165, 1.54) is 0 Å². The fraction of sp³-hybridized carbons (Fsp3) is 0.391. The first-order chi connectivity index (χ1) is 13.4. The normalized spacial score (nSPS) is 15.9. The van der Waals surface area contributed by atoms with Crippen molar-refractivity contribution in [2.45, 2.75) is 39.2 Å². The Labute approximate surface area is 171 Å². The van der Waals surface area contributed by atoms with Crippen LogP contribution < -0.4 is 5.32 Å². The minimum atomic E-state index is -0.0391. The molecule has 0 spiro atoms. The molecule has 2 amide bonds. The summed E-state index contributed by atoms with van der Waals surface area (Å²) < 4.78 is 0. The Hall–Kier alpha value is -2.33. The van der Waals surface area contributed by atoms with Gasteiger partial charge in [-0.2, -0.15) is 0 Å². The molecule has 0 radical (unpaired) electrons. The molecule has 1 unspecified atom stereocenters. The highest BCUT2D eigenvalue weighted by molar-refractivity contribution is 6.30. The number of rotatable bonds is 5. The number of likely N-dealkylation sites (tertiary alicyclic amines) is 1. The first kappa shape index (κ1) is 20.4. The molecule has 1 fully saturated rings. The van der Waals surface area contributed by atoms with Crippen LogP contribution in [0.5, 0.6) is 0 Å². The second-order valence-electron chi connectivity index (χ2n) is 7.63. The van der Waals surface area contributed by atoms with E-state index in [0.29, 0.717) is 31.0 Å². The van der Waals surface area contributed by atoms with E-state index in [1.807, 2.05) is 67.3 Å². The number of carbonyl (C=O) groups excluding carboxylic acids is 2. The van der Waals surface area contributed by atoms with Crippen LogP contribution in [0.25, 0.3) is 0 Å². The van der Waals surface area contributed by atoms with Gasteiger partial charge in [-0.15, -0.1) is 0 Å². The van der Waals surface area contributed by atoms with E-state index >= 15 is 0 Å². The zero-order chi connectivity index (χ0) is 20.1. The molecular weight excluding hydrogens is 372 g/mol. The van der Waals surface area contributed by atoms with Crippen molar-refractivity contribution in [2.24, 2.45) is 5.92 Å². The van der Waals surface area contributed by atoms with Gasteiger partial charge < -0.3 is 10.2 Å². The molecule has 0 bridgehead atoms. The highest BCUT2D eigenvalue weighted by Gasteiger charge is 2.28. The van der Waals surface area contributed by atoms with Crippen molar-refractivity contribution in [1.29, 1.82) is 0 Å². The minimum absolute atomic E-state index is 0.0391. The van der Waals surface area contributed by atoms with Gasteiger partial charge in [0.2, 0.25) is 5.91 Å². The molecule has 28 heavy (non-hydrogen) atoms. The van der Waals surface area contributed by atoms with Gasteiger partial charge in [-0.3, -0.25) is 9.59 Å². The zero-order valence-electron chi connectivity index (χ0n) is 16.5. The van der Waals surface area contributed by atoms with E-state index in [0.717, 1.165) is 23.1 Å². The van der Waals surface area contributed by atoms with Crippen LogP contribution in [0.1, 0.15) is 41.3 Å². The highest BCUT2D eigenvalue weighted by Crippen LogP contribution is 2.21. The first-order valence-electron chi connectivity index (χ1n) is 9.84. The summed E-state index contributed by atoms with van der Waals surface area (Å²) in [4.78, 5) is 27.2. The summed E-state index contributed by atoms with van der Waals surface area (Å²) in [5.41, 5.74) is 2.85. The molecule has 0 aromatic heterocycles. The van der Waals surface area contributed by atoms with Crippen LogP contribution in [-0.4, -0.2) is 35.8 Å². The summed E-state index contributed by atoms with van der Waals surface area (Å²) in [6, 6.07) is 15.4. The third-order valence-corrected chi connectivity index (χ3v) is 5.58. The third kappa shape index (κ3) is 5.14. The molecule has 1 atom stereocenters. The van der Waals surface area contributed by atoms with Crippen LogP contribution in [0.3, 0.4) is 0 Å². The predicted octanol–water partition coefficient (Wildman–Crippen LogP) is 4.25. The Morgan fingerprint density at radius 3 is 2.54 bits per heavy atom. The Morgan fingerprint density at radius 2 is 1.86 bits per heavy atom. The molecule has 0 saturated carbocycles. The second kappa shape index (κ2) is 9.24. The maximum atomic E-state index is 12.7. The standard InChI is InChI=1S/C23H27ClN2O2/c1-16-6-3-4-9-21(16)23(28)26-12-10-19(11-13-26)22(27)25-17(2)14-18-7-5-8-20(24)15-18/h3-9,15,17,19H,10-14H2,1-2H3,(H,25,27). The van der Waals surface area contributed by atoms with Crippen LogP contribution in [0.4, 0.5) is 0 Å². The van der Waals surface area contributed by atoms with E-state index < -0.39 is 0 Å². The van der Waals surface area contributed by atoms with Crippen molar-refractivity contribution in [2.75, 3.05) is 13.1 Å². The average molecular weight is 399 g/mol. The molecule has 1 aliphatic heterocycles. The largest absolute Gasteiger partial charge is 0.353 e. The number of piperidine rings is 1.